The Morgan fingerprint density at radius 1 is 0.778 bits per heavy atom. The van der Waals surface area contributed by atoms with Crippen LogP contribution in [0.1, 0.15) is 6.92 Å². The van der Waals surface area contributed by atoms with Crippen LogP contribution in [0.5, 0.6) is 0 Å². The second-order valence-corrected chi connectivity index (χ2v) is 6.03. The molecule has 8 heteroatoms. The van der Waals surface area contributed by atoms with Crippen LogP contribution in [0.4, 0.5) is 21.5 Å². The number of hydrogen-bond acceptors (Lipinski definition) is 4. The highest BCUT2D eigenvalue weighted by atomic mass is 19.1. The minimum absolute atomic E-state index is 0.00622. The molecule has 0 bridgehead atoms. The molecule has 142 valence electrons. The van der Waals surface area contributed by atoms with Gasteiger partial charge in [0.25, 0.3) is 0 Å². The Hall–Kier alpha value is -3.26. The number of nitrogens with zero attached hydrogens (tertiary/aromatic N) is 1. The van der Waals surface area contributed by atoms with Crippen molar-refractivity contribution < 1.29 is 18.8 Å². The second-order valence-electron chi connectivity index (χ2n) is 6.03. The maximum atomic E-state index is 12.9. The first-order chi connectivity index (χ1) is 12.8. The fraction of sp³-hybridized carbons (Fsp3) is 0.211. The van der Waals surface area contributed by atoms with Gasteiger partial charge < -0.3 is 16.0 Å². The summed E-state index contributed by atoms with van der Waals surface area (Å²) in [6.07, 6.45) is 0. The fourth-order valence-electron chi connectivity index (χ4n) is 2.32. The lowest BCUT2D eigenvalue weighted by Gasteiger charge is -2.16. The molecular formula is C19H21FN4O3. The molecule has 0 aliphatic carbocycles. The Bertz CT molecular complexity index is 807. The second kappa shape index (κ2) is 9.44. The van der Waals surface area contributed by atoms with Gasteiger partial charge in [-0.3, -0.25) is 19.3 Å². The van der Waals surface area contributed by atoms with Crippen molar-refractivity contribution in [3.8, 4) is 0 Å². The third-order valence-corrected chi connectivity index (χ3v) is 3.44. The summed E-state index contributed by atoms with van der Waals surface area (Å²) >= 11 is 0. The Balaban J connectivity index is 1.78. The lowest BCUT2D eigenvalue weighted by atomic mass is 10.2. The van der Waals surface area contributed by atoms with Crippen molar-refractivity contribution in [2.75, 3.05) is 36.1 Å². The molecule has 27 heavy (non-hydrogen) atoms. The molecule has 3 amide bonds. The number of likely N-dealkylation sites (N-methyl/N-ethyl adjacent to an activating group) is 1. The third kappa shape index (κ3) is 7.25. The molecular weight excluding hydrogens is 351 g/mol. The van der Waals surface area contributed by atoms with Crippen LogP contribution in [-0.4, -0.2) is 42.8 Å². The molecule has 0 saturated heterocycles. The normalized spacial score (nSPS) is 10.4. The number of carbonyl (C=O) groups is 3. The Labute approximate surface area is 156 Å². The van der Waals surface area contributed by atoms with Crippen molar-refractivity contribution in [2.24, 2.45) is 0 Å². The summed E-state index contributed by atoms with van der Waals surface area (Å²) in [6, 6.07) is 12.1. The molecule has 2 rings (SSSR count). The molecule has 0 aromatic heterocycles. The minimum atomic E-state index is -0.383. The van der Waals surface area contributed by atoms with E-state index in [1.807, 2.05) is 0 Å². The van der Waals surface area contributed by atoms with Gasteiger partial charge in [0, 0.05) is 24.0 Å². The molecule has 0 heterocycles. The van der Waals surface area contributed by atoms with Crippen molar-refractivity contribution in [3.63, 3.8) is 0 Å². The monoisotopic (exact) mass is 372 g/mol. The Morgan fingerprint density at radius 2 is 1.15 bits per heavy atom. The van der Waals surface area contributed by atoms with Crippen molar-refractivity contribution in [3.05, 3.63) is 54.3 Å². The van der Waals surface area contributed by atoms with E-state index in [9.17, 15) is 18.8 Å². The van der Waals surface area contributed by atoms with Crippen molar-refractivity contribution in [2.45, 2.75) is 6.92 Å². The van der Waals surface area contributed by atoms with Gasteiger partial charge in [-0.25, -0.2) is 4.39 Å². The van der Waals surface area contributed by atoms with Gasteiger partial charge in [-0.2, -0.15) is 0 Å². The highest BCUT2D eigenvalue weighted by Gasteiger charge is 2.11. The number of benzene rings is 2. The summed E-state index contributed by atoms with van der Waals surface area (Å²) < 4.78 is 12.9. The van der Waals surface area contributed by atoms with Crippen molar-refractivity contribution in [1.82, 2.24) is 4.90 Å². The van der Waals surface area contributed by atoms with E-state index in [0.717, 1.165) is 0 Å². The topological polar surface area (TPSA) is 90.5 Å². The maximum Gasteiger partial charge on any atom is 0.238 e. The van der Waals surface area contributed by atoms with Gasteiger partial charge in [0.2, 0.25) is 17.7 Å². The maximum absolute atomic E-state index is 12.9. The first-order valence-electron chi connectivity index (χ1n) is 8.23. The lowest BCUT2D eigenvalue weighted by Crippen LogP contribution is -2.36. The molecule has 2 aromatic rings. The summed E-state index contributed by atoms with van der Waals surface area (Å²) in [5, 5.41) is 7.98. The Morgan fingerprint density at radius 3 is 1.56 bits per heavy atom. The van der Waals surface area contributed by atoms with Crippen LogP contribution in [0.2, 0.25) is 0 Å². The van der Waals surface area contributed by atoms with E-state index in [0.29, 0.717) is 17.1 Å². The minimum Gasteiger partial charge on any atom is -0.326 e. The van der Waals surface area contributed by atoms with E-state index in [-0.39, 0.29) is 36.6 Å². The van der Waals surface area contributed by atoms with Crippen LogP contribution in [0.3, 0.4) is 0 Å². The van der Waals surface area contributed by atoms with Crippen LogP contribution in [0.25, 0.3) is 0 Å². The molecule has 0 atom stereocenters. The van der Waals surface area contributed by atoms with E-state index in [2.05, 4.69) is 16.0 Å². The SMILES string of the molecule is CC(=O)Nc1ccc(NC(=O)CN(C)CC(=O)Nc2ccc(F)cc2)cc1. The first kappa shape index (κ1) is 20.1. The lowest BCUT2D eigenvalue weighted by molar-refractivity contribution is -0.119. The van der Waals surface area contributed by atoms with Crippen LogP contribution >= 0.6 is 0 Å². The first-order valence-corrected chi connectivity index (χ1v) is 8.23. The van der Waals surface area contributed by atoms with E-state index in [4.69, 9.17) is 0 Å². The van der Waals surface area contributed by atoms with Gasteiger partial charge in [0.15, 0.2) is 0 Å². The molecule has 0 saturated carbocycles. The fourth-order valence-corrected chi connectivity index (χ4v) is 2.32. The van der Waals surface area contributed by atoms with Gasteiger partial charge in [-0.15, -0.1) is 0 Å². The van der Waals surface area contributed by atoms with Crippen LogP contribution in [-0.2, 0) is 14.4 Å². The standard InChI is InChI=1S/C19H21FN4O3/c1-13(25)21-15-7-9-17(10-8-15)23-19(27)12-24(2)11-18(26)22-16-5-3-14(20)4-6-16/h3-10H,11-12H2,1-2H3,(H,21,25)(H,22,26)(H,23,27). The van der Waals surface area contributed by atoms with Gasteiger partial charge in [0.1, 0.15) is 5.82 Å². The molecule has 3 N–H and O–H groups in total. The molecule has 0 radical (unpaired) electrons. The summed E-state index contributed by atoms with van der Waals surface area (Å²) in [5.74, 6) is -1.14. The number of rotatable bonds is 7. The van der Waals surface area contributed by atoms with Crippen molar-refractivity contribution in [1.29, 1.82) is 0 Å². The Kier molecular flexibility index (Phi) is 7.01. The zero-order valence-electron chi connectivity index (χ0n) is 15.1. The van der Waals surface area contributed by atoms with E-state index < -0.39 is 0 Å². The average molecular weight is 372 g/mol. The smallest absolute Gasteiger partial charge is 0.238 e. The van der Waals surface area contributed by atoms with E-state index in [1.54, 1.807) is 36.2 Å². The highest BCUT2D eigenvalue weighted by molar-refractivity contribution is 5.95. The van der Waals surface area contributed by atoms with Gasteiger partial charge in [-0.05, 0) is 55.6 Å². The molecule has 0 unspecified atom stereocenters. The number of carbonyl (C=O) groups excluding carboxylic acids is 3. The summed E-state index contributed by atoms with van der Waals surface area (Å²) in [5.41, 5.74) is 1.70. The van der Waals surface area contributed by atoms with E-state index >= 15 is 0 Å². The van der Waals surface area contributed by atoms with Crippen LogP contribution in [0.15, 0.2) is 48.5 Å². The van der Waals surface area contributed by atoms with Gasteiger partial charge >= 0.3 is 0 Å². The molecule has 0 aliphatic heterocycles. The molecule has 7 nitrogen and oxygen atoms in total. The predicted octanol–water partition coefficient (Wildman–Crippen LogP) is 2.29. The van der Waals surface area contributed by atoms with Crippen molar-refractivity contribution >= 4 is 34.8 Å². The van der Waals surface area contributed by atoms with Gasteiger partial charge in [-0.1, -0.05) is 0 Å². The predicted molar refractivity (Wildman–Crippen MR) is 102 cm³/mol. The number of anilines is 3. The quantitative estimate of drug-likeness (QED) is 0.696. The number of halogens is 1. The van der Waals surface area contributed by atoms with Crippen LogP contribution < -0.4 is 16.0 Å². The summed E-state index contributed by atoms with van der Waals surface area (Å²) in [7, 11) is 1.64. The van der Waals surface area contributed by atoms with Gasteiger partial charge in [0.05, 0.1) is 13.1 Å². The molecule has 0 aliphatic rings. The zero-order valence-corrected chi connectivity index (χ0v) is 15.1. The molecule has 0 spiro atoms. The molecule has 0 fully saturated rings. The largest absolute Gasteiger partial charge is 0.326 e. The number of nitrogens with one attached hydrogen (secondary N) is 3. The zero-order chi connectivity index (χ0) is 19.8. The number of amides is 3. The highest BCUT2D eigenvalue weighted by Crippen LogP contribution is 2.13. The summed E-state index contributed by atoms with van der Waals surface area (Å²) in [6.45, 7) is 1.44. The van der Waals surface area contributed by atoms with E-state index in [1.165, 1.54) is 31.2 Å². The average Bonchev–Trinajstić information content (AvgIpc) is 2.58. The van der Waals surface area contributed by atoms with Crippen LogP contribution in [0, 0.1) is 5.82 Å². The summed E-state index contributed by atoms with van der Waals surface area (Å²) in [4.78, 5) is 36.6. The number of hydrogen-bond donors (Lipinski definition) is 3. The third-order valence-electron chi connectivity index (χ3n) is 3.44. The molecule has 2 aromatic carbocycles.